The van der Waals surface area contributed by atoms with E-state index in [0.717, 1.165) is 6.42 Å². The van der Waals surface area contributed by atoms with E-state index >= 15 is 0 Å². The summed E-state index contributed by atoms with van der Waals surface area (Å²) in [6.07, 6.45) is 4.55. The summed E-state index contributed by atoms with van der Waals surface area (Å²) in [5, 5.41) is 2.67. The zero-order valence-corrected chi connectivity index (χ0v) is 8.08. The monoisotopic (exact) mass is 186 g/mol. The van der Waals surface area contributed by atoms with Crippen LogP contribution in [-0.4, -0.2) is 32.2 Å². The molecule has 3 N–H and O–H groups in total. The standard InChI is InChI=1S/C9H18N2O2/c1-2-7-13-8-9(12)11-6-4-3-5-10/h3-4H,2,5-8,10H2,1H3,(H,11,12)/b4-3+. The maximum Gasteiger partial charge on any atom is 0.246 e. The lowest BCUT2D eigenvalue weighted by Crippen LogP contribution is -2.27. The number of hydrogen-bond acceptors (Lipinski definition) is 3. The topological polar surface area (TPSA) is 64.3 Å². The SMILES string of the molecule is CCCOCC(=O)NC/C=C/CN. The van der Waals surface area contributed by atoms with Crippen LogP contribution in [0.2, 0.25) is 0 Å². The minimum atomic E-state index is -0.0879. The molecule has 0 heterocycles. The Labute approximate surface area is 79.1 Å². The van der Waals surface area contributed by atoms with Crippen LogP contribution < -0.4 is 11.1 Å². The van der Waals surface area contributed by atoms with Crippen LogP contribution in [-0.2, 0) is 9.53 Å². The van der Waals surface area contributed by atoms with Gasteiger partial charge in [-0.05, 0) is 6.42 Å². The lowest BCUT2D eigenvalue weighted by Gasteiger charge is -2.02. The first kappa shape index (κ1) is 12.1. The average molecular weight is 186 g/mol. The molecule has 0 aliphatic rings. The van der Waals surface area contributed by atoms with E-state index in [1.165, 1.54) is 0 Å². The Bertz CT molecular complexity index is 158. The fourth-order valence-corrected chi connectivity index (χ4v) is 0.713. The Hall–Kier alpha value is -0.870. The molecule has 0 spiro atoms. The van der Waals surface area contributed by atoms with Gasteiger partial charge in [0.25, 0.3) is 0 Å². The number of ether oxygens (including phenoxy) is 1. The fourth-order valence-electron chi connectivity index (χ4n) is 0.713. The molecule has 0 rings (SSSR count). The van der Waals surface area contributed by atoms with Crippen molar-refractivity contribution in [3.8, 4) is 0 Å². The third kappa shape index (κ3) is 9.04. The van der Waals surface area contributed by atoms with Gasteiger partial charge in [0, 0.05) is 19.7 Å². The van der Waals surface area contributed by atoms with E-state index in [4.69, 9.17) is 10.5 Å². The van der Waals surface area contributed by atoms with Crippen LogP contribution in [0, 0.1) is 0 Å². The largest absolute Gasteiger partial charge is 0.372 e. The van der Waals surface area contributed by atoms with Gasteiger partial charge in [-0.15, -0.1) is 0 Å². The van der Waals surface area contributed by atoms with Gasteiger partial charge in [0.2, 0.25) is 5.91 Å². The van der Waals surface area contributed by atoms with E-state index in [0.29, 0.717) is 19.7 Å². The van der Waals surface area contributed by atoms with Crippen LogP contribution in [0.25, 0.3) is 0 Å². The summed E-state index contributed by atoms with van der Waals surface area (Å²) in [7, 11) is 0. The second kappa shape index (κ2) is 9.22. The molecule has 0 aromatic carbocycles. The minimum Gasteiger partial charge on any atom is -0.372 e. The number of carbonyl (C=O) groups excluding carboxylic acids is 1. The van der Waals surface area contributed by atoms with Gasteiger partial charge in [0.15, 0.2) is 0 Å². The van der Waals surface area contributed by atoms with Crippen molar-refractivity contribution < 1.29 is 9.53 Å². The summed E-state index contributed by atoms with van der Waals surface area (Å²) in [6.45, 7) is 3.80. The molecule has 1 amide bonds. The van der Waals surface area contributed by atoms with Crippen molar-refractivity contribution in [2.45, 2.75) is 13.3 Å². The number of hydrogen-bond donors (Lipinski definition) is 2. The van der Waals surface area contributed by atoms with E-state index in [2.05, 4.69) is 5.32 Å². The van der Waals surface area contributed by atoms with Crippen LogP contribution in [0.1, 0.15) is 13.3 Å². The van der Waals surface area contributed by atoms with Crippen LogP contribution in [0.15, 0.2) is 12.2 Å². The Morgan fingerprint density at radius 2 is 2.31 bits per heavy atom. The highest BCUT2D eigenvalue weighted by Gasteiger charge is 1.97. The Balaban J connectivity index is 3.25. The molecule has 13 heavy (non-hydrogen) atoms. The zero-order chi connectivity index (χ0) is 9.94. The normalized spacial score (nSPS) is 10.6. The second-order valence-electron chi connectivity index (χ2n) is 2.56. The van der Waals surface area contributed by atoms with Gasteiger partial charge in [-0.3, -0.25) is 4.79 Å². The summed E-state index contributed by atoms with van der Waals surface area (Å²) >= 11 is 0. The predicted octanol–water partition coefficient (Wildman–Crippen LogP) is 0.0441. The van der Waals surface area contributed by atoms with Gasteiger partial charge >= 0.3 is 0 Å². The van der Waals surface area contributed by atoms with Crippen LogP contribution in [0.3, 0.4) is 0 Å². The molecule has 0 saturated carbocycles. The molecule has 4 nitrogen and oxygen atoms in total. The molecule has 4 heteroatoms. The molecule has 0 saturated heterocycles. The van der Waals surface area contributed by atoms with Crippen molar-refractivity contribution in [1.29, 1.82) is 0 Å². The maximum atomic E-state index is 11.0. The van der Waals surface area contributed by atoms with Gasteiger partial charge < -0.3 is 15.8 Å². The Kier molecular flexibility index (Phi) is 8.60. The first-order chi connectivity index (χ1) is 6.31. The van der Waals surface area contributed by atoms with Crippen molar-refractivity contribution in [1.82, 2.24) is 5.32 Å². The summed E-state index contributed by atoms with van der Waals surface area (Å²) in [4.78, 5) is 11.0. The molecule has 0 unspecified atom stereocenters. The van der Waals surface area contributed by atoms with Gasteiger partial charge in [-0.2, -0.15) is 0 Å². The number of nitrogens with one attached hydrogen (secondary N) is 1. The van der Waals surface area contributed by atoms with Crippen LogP contribution >= 0.6 is 0 Å². The quantitative estimate of drug-likeness (QED) is 0.436. The first-order valence-corrected chi connectivity index (χ1v) is 4.50. The average Bonchev–Trinajstić information content (AvgIpc) is 2.13. The second-order valence-corrected chi connectivity index (χ2v) is 2.56. The molecule has 0 aliphatic carbocycles. The third-order valence-corrected chi connectivity index (χ3v) is 1.30. The highest BCUT2D eigenvalue weighted by molar-refractivity contribution is 5.77. The van der Waals surface area contributed by atoms with Crippen LogP contribution in [0.4, 0.5) is 0 Å². The van der Waals surface area contributed by atoms with E-state index in [-0.39, 0.29) is 12.5 Å². The summed E-state index contributed by atoms with van der Waals surface area (Å²) in [5.74, 6) is -0.0879. The lowest BCUT2D eigenvalue weighted by atomic mass is 10.5. The van der Waals surface area contributed by atoms with Gasteiger partial charge in [0.1, 0.15) is 6.61 Å². The van der Waals surface area contributed by atoms with Crippen molar-refractivity contribution in [3.63, 3.8) is 0 Å². The molecule has 0 bridgehead atoms. The van der Waals surface area contributed by atoms with Gasteiger partial charge in [0.05, 0.1) is 0 Å². The van der Waals surface area contributed by atoms with E-state index in [1.54, 1.807) is 6.08 Å². The number of nitrogens with two attached hydrogens (primary N) is 1. The van der Waals surface area contributed by atoms with Gasteiger partial charge in [-0.25, -0.2) is 0 Å². The minimum absolute atomic E-state index is 0.0879. The van der Waals surface area contributed by atoms with Gasteiger partial charge in [-0.1, -0.05) is 19.1 Å². The molecule has 0 aromatic rings. The zero-order valence-electron chi connectivity index (χ0n) is 8.08. The third-order valence-electron chi connectivity index (χ3n) is 1.30. The highest BCUT2D eigenvalue weighted by atomic mass is 16.5. The van der Waals surface area contributed by atoms with E-state index in [1.807, 2.05) is 13.0 Å². The molecule has 0 fully saturated rings. The number of carbonyl (C=O) groups is 1. The summed E-state index contributed by atoms with van der Waals surface area (Å²) in [5.41, 5.74) is 5.22. The van der Waals surface area contributed by atoms with E-state index < -0.39 is 0 Å². The van der Waals surface area contributed by atoms with Crippen molar-refractivity contribution in [2.75, 3.05) is 26.3 Å². The smallest absolute Gasteiger partial charge is 0.246 e. The van der Waals surface area contributed by atoms with Crippen LogP contribution in [0.5, 0.6) is 0 Å². The van der Waals surface area contributed by atoms with E-state index in [9.17, 15) is 4.79 Å². The molecule has 0 aromatic heterocycles. The summed E-state index contributed by atoms with van der Waals surface area (Å²) < 4.78 is 5.04. The van der Waals surface area contributed by atoms with Crippen molar-refractivity contribution >= 4 is 5.91 Å². The molecule has 0 aliphatic heterocycles. The number of rotatable bonds is 7. The van der Waals surface area contributed by atoms with Crippen molar-refractivity contribution in [2.24, 2.45) is 5.73 Å². The highest BCUT2D eigenvalue weighted by Crippen LogP contribution is 1.79. The molecule has 76 valence electrons. The fraction of sp³-hybridized carbons (Fsp3) is 0.667. The number of amides is 1. The molecule has 0 atom stereocenters. The Morgan fingerprint density at radius 1 is 1.54 bits per heavy atom. The maximum absolute atomic E-state index is 11.0. The molecular formula is C9H18N2O2. The lowest BCUT2D eigenvalue weighted by molar-refractivity contribution is -0.125. The molecular weight excluding hydrogens is 168 g/mol. The molecule has 0 radical (unpaired) electrons. The summed E-state index contributed by atoms with van der Waals surface area (Å²) in [6, 6.07) is 0. The predicted molar refractivity (Wildman–Crippen MR) is 52.3 cm³/mol. The Morgan fingerprint density at radius 3 is 2.92 bits per heavy atom. The van der Waals surface area contributed by atoms with Crippen molar-refractivity contribution in [3.05, 3.63) is 12.2 Å². The first-order valence-electron chi connectivity index (χ1n) is 4.50.